The number of nitrogens with zero attached hydrogens (tertiary/aromatic N) is 2. The third-order valence-corrected chi connectivity index (χ3v) is 4.09. The van der Waals surface area contributed by atoms with Gasteiger partial charge in [-0.2, -0.15) is 0 Å². The number of urea groups is 1. The van der Waals surface area contributed by atoms with Crippen LogP contribution < -0.4 is 5.32 Å². The highest BCUT2D eigenvalue weighted by Gasteiger charge is 2.22. The summed E-state index contributed by atoms with van der Waals surface area (Å²) in [5.74, 6) is 0. The average molecular weight is 283 g/mol. The highest BCUT2D eigenvalue weighted by molar-refractivity contribution is 5.89. The maximum Gasteiger partial charge on any atom is 0.322 e. The Kier molecular flexibility index (Phi) is 3.95. The maximum atomic E-state index is 12.3. The lowest BCUT2D eigenvalue weighted by Gasteiger charge is -2.33. The van der Waals surface area contributed by atoms with Crippen LogP contribution in [-0.2, 0) is 0 Å². The number of amides is 2. The number of hydrogen-bond donors (Lipinski definition) is 1. The second-order valence-corrected chi connectivity index (χ2v) is 5.61. The van der Waals surface area contributed by atoms with Crippen molar-refractivity contribution >= 4 is 11.7 Å². The quantitative estimate of drug-likeness (QED) is 0.892. The number of anilines is 1. The van der Waals surface area contributed by atoms with Gasteiger partial charge in [0.05, 0.1) is 0 Å². The molecule has 0 bridgehead atoms. The highest BCUT2D eigenvalue weighted by atomic mass is 16.2. The summed E-state index contributed by atoms with van der Waals surface area (Å²) < 4.78 is 2.04. The molecular formula is C17H21N3O. The van der Waals surface area contributed by atoms with Crippen molar-refractivity contribution in [3.63, 3.8) is 0 Å². The Bertz CT molecular complexity index is 589. The number of rotatable bonds is 2. The van der Waals surface area contributed by atoms with E-state index in [9.17, 15) is 4.79 Å². The van der Waals surface area contributed by atoms with E-state index in [2.05, 4.69) is 12.2 Å². The first-order valence-corrected chi connectivity index (χ1v) is 7.55. The SMILES string of the molecule is CC1CCCCN1C(=O)Nc1ccc(-n2cccc2)cc1. The number of benzene rings is 1. The van der Waals surface area contributed by atoms with Gasteiger partial charge in [0.2, 0.25) is 0 Å². The zero-order chi connectivity index (χ0) is 14.7. The van der Waals surface area contributed by atoms with E-state index in [4.69, 9.17) is 0 Å². The Labute approximate surface area is 125 Å². The van der Waals surface area contributed by atoms with Gasteiger partial charge in [0, 0.05) is 36.4 Å². The molecule has 3 rings (SSSR count). The number of likely N-dealkylation sites (tertiary alicyclic amines) is 1. The molecule has 0 radical (unpaired) electrons. The van der Waals surface area contributed by atoms with Crippen LogP contribution in [-0.4, -0.2) is 28.1 Å². The Hall–Kier alpha value is -2.23. The summed E-state index contributed by atoms with van der Waals surface area (Å²) in [6, 6.07) is 12.2. The Morgan fingerprint density at radius 3 is 2.52 bits per heavy atom. The molecule has 1 N–H and O–H groups in total. The van der Waals surface area contributed by atoms with Gasteiger partial charge in [0.25, 0.3) is 0 Å². The van der Waals surface area contributed by atoms with Crippen LogP contribution >= 0.6 is 0 Å². The molecular weight excluding hydrogens is 262 g/mol. The van der Waals surface area contributed by atoms with Crippen LogP contribution in [0.4, 0.5) is 10.5 Å². The lowest BCUT2D eigenvalue weighted by atomic mass is 10.0. The van der Waals surface area contributed by atoms with E-state index < -0.39 is 0 Å². The van der Waals surface area contributed by atoms with Gasteiger partial charge < -0.3 is 14.8 Å². The van der Waals surface area contributed by atoms with Crippen LogP contribution in [0.25, 0.3) is 5.69 Å². The van der Waals surface area contributed by atoms with E-state index in [1.807, 2.05) is 58.3 Å². The summed E-state index contributed by atoms with van der Waals surface area (Å²) in [5.41, 5.74) is 1.93. The fourth-order valence-electron chi connectivity index (χ4n) is 2.82. The monoisotopic (exact) mass is 283 g/mol. The third-order valence-electron chi connectivity index (χ3n) is 4.09. The minimum atomic E-state index is 0.0101. The number of piperidine rings is 1. The zero-order valence-corrected chi connectivity index (χ0v) is 12.3. The van der Waals surface area contributed by atoms with Crippen molar-refractivity contribution in [1.29, 1.82) is 0 Å². The molecule has 1 aliphatic rings. The van der Waals surface area contributed by atoms with Gasteiger partial charge in [-0.25, -0.2) is 4.79 Å². The molecule has 110 valence electrons. The molecule has 21 heavy (non-hydrogen) atoms. The van der Waals surface area contributed by atoms with E-state index in [-0.39, 0.29) is 6.03 Å². The number of nitrogens with one attached hydrogen (secondary N) is 1. The molecule has 4 nitrogen and oxygen atoms in total. The van der Waals surface area contributed by atoms with Crippen molar-refractivity contribution in [2.75, 3.05) is 11.9 Å². The molecule has 1 fully saturated rings. The Morgan fingerprint density at radius 2 is 1.86 bits per heavy atom. The fraction of sp³-hybridized carbons (Fsp3) is 0.353. The number of carbonyl (C=O) groups excluding carboxylic acids is 1. The van der Waals surface area contributed by atoms with Crippen LogP contribution in [0.15, 0.2) is 48.8 Å². The predicted molar refractivity (Wildman–Crippen MR) is 84.8 cm³/mol. The smallest absolute Gasteiger partial charge is 0.322 e. The third kappa shape index (κ3) is 3.10. The lowest BCUT2D eigenvalue weighted by Crippen LogP contribution is -2.44. The minimum Gasteiger partial charge on any atom is -0.324 e. The zero-order valence-electron chi connectivity index (χ0n) is 12.3. The van der Waals surface area contributed by atoms with Crippen molar-refractivity contribution in [1.82, 2.24) is 9.47 Å². The van der Waals surface area contributed by atoms with Crippen molar-refractivity contribution in [2.24, 2.45) is 0 Å². The minimum absolute atomic E-state index is 0.0101. The molecule has 0 aliphatic carbocycles. The van der Waals surface area contributed by atoms with Crippen LogP contribution in [0.3, 0.4) is 0 Å². The second kappa shape index (κ2) is 6.04. The second-order valence-electron chi connectivity index (χ2n) is 5.61. The molecule has 2 heterocycles. The van der Waals surface area contributed by atoms with Gasteiger partial charge in [-0.3, -0.25) is 0 Å². The van der Waals surface area contributed by atoms with Crippen LogP contribution in [0.2, 0.25) is 0 Å². The first-order valence-electron chi connectivity index (χ1n) is 7.55. The summed E-state index contributed by atoms with van der Waals surface area (Å²) in [4.78, 5) is 14.2. The van der Waals surface area contributed by atoms with Crippen LogP contribution in [0.5, 0.6) is 0 Å². The van der Waals surface area contributed by atoms with E-state index in [1.165, 1.54) is 6.42 Å². The van der Waals surface area contributed by atoms with Crippen molar-refractivity contribution in [2.45, 2.75) is 32.2 Å². The molecule has 1 aliphatic heterocycles. The van der Waals surface area contributed by atoms with Crippen LogP contribution in [0, 0.1) is 0 Å². The largest absolute Gasteiger partial charge is 0.324 e. The van der Waals surface area contributed by atoms with Gasteiger partial charge in [-0.15, -0.1) is 0 Å². The summed E-state index contributed by atoms with van der Waals surface area (Å²) >= 11 is 0. The van der Waals surface area contributed by atoms with Crippen molar-refractivity contribution in [3.05, 3.63) is 48.8 Å². The van der Waals surface area contributed by atoms with Crippen LogP contribution in [0.1, 0.15) is 26.2 Å². The number of carbonyl (C=O) groups is 1. The Morgan fingerprint density at radius 1 is 1.14 bits per heavy atom. The molecule has 2 aromatic rings. The van der Waals surface area contributed by atoms with E-state index in [0.29, 0.717) is 6.04 Å². The molecule has 1 atom stereocenters. The topological polar surface area (TPSA) is 37.3 Å². The molecule has 1 aromatic heterocycles. The van der Waals surface area contributed by atoms with E-state index >= 15 is 0 Å². The first-order chi connectivity index (χ1) is 10.2. The summed E-state index contributed by atoms with van der Waals surface area (Å²) in [6.45, 7) is 2.97. The summed E-state index contributed by atoms with van der Waals surface area (Å²) in [5, 5.41) is 2.99. The fourth-order valence-corrected chi connectivity index (χ4v) is 2.82. The molecule has 1 unspecified atom stereocenters. The first kappa shape index (κ1) is 13.7. The average Bonchev–Trinajstić information content (AvgIpc) is 3.02. The molecule has 1 saturated heterocycles. The standard InChI is InChI=1S/C17H21N3O/c1-14-6-2-3-13-20(14)17(21)18-15-7-9-16(10-8-15)19-11-4-5-12-19/h4-5,7-12,14H,2-3,6,13H2,1H3,(H,18,21). The van der Waals surface area contributed by atoms with Gasteiger partial charge in [-0.1, -0.05) is 0 Å². The summed E-state index contributed by atoms with van der Waals surface area (Å²) in [6.07, 6.45) is 7.42. The van der Waals surface area contributed by atoms with Gasteiger partial charge in [0.1, 0.15) is 0 Å². The highest BCUT2D eigenvalue weighted by Crippen LogP contribution is 2.19. The molecule has 1 aromatic carbocycles. The maximum absolute atomic E-state index is 12.3. The predicted octanol–water partition coefficient (Wildman–Crippen LogP) is 3.88. The van der Waals surface area contributed by atoms with Gasteiger partial charge in [-0.05, 0) is 62.6 Å². The Balaban J connectivity index is 1.66. The van der Waals surface area contributed by atoms with Crippen molar-refractivity contribution < 1.29 is 4.79 Å². The number of aromatic nitrogens is 1. The molecule has 4 heteroatoms. The molecule has 2 amide bonds. The van der Waals surface area contributed by atoms with Crippen molar-refractivity contribution in [3.8, 4) is 5.69 Å². The lowest BCUT2D eigenvalue weighted by molar-refractivity contribution is 0.170. The molecule has 0 spiro atoms. The summed E-state index contributed by atoms with van der Waals surface area (Å²) in [7, 11) is 0. The van der Waals surface area contributed by atoms with E-state index in [0.717, 1.165) is 30.8 Å². The molecule has 0 saturated carbocycles. The van der Waals surface area contributed by atoms with Gasteiger partial charge in [0.15, 0.2) is 0 Å². The van der Waals surface area contributed by atoms with E-state index in [1.54, 1.807) is 0 Å². The normalized spacial score (nSPS) is 18.5. The van der Waals surface area contributed by atoms with Gasteiger partial charge >= 0.3 is 6.03 Å². The number of hydrogen-bond acceptors (Lipinski definition) is 1.